The summed E-state index contributed by atoms with van der Waals surface area (Å²) >= 11 is 3.20. The number of anilines is 1. The number of imidazole rings is 1. The molecule has 6 nitrogen and oxygen atoms in total. The number of aromatic amines is 2. The lowest BCUT2D eigenvalue weighted by molar-refractivity contribution is -0.126. The zero-order valence-electron chi connectivity index (χ0n) is 10.4. The summed E-state index contributed by atoms with van der Waals surface area (Å²) in [7, 11) is 0. The first kappa shape index (κ1) is 15.6. The third kappa shape index (κ3) is 4.33. The van der Waals surface area contributed by atoms with Crippen LogP contribution in [0.3, 0.4) is 0 Å². The van der Waals surface area contributed by atoms with Crippen LogP contribution in [0.5, 0.6) is 0 Å². The second kappa shape index (κ2) is 5.90. The van der Waals surface area contributed by atoms with E-state index >= 15 is 0 Å². The zero-order valence-corrected chi connectivity index (χ0v) is 12.0. The second-order valence-corrected chi connectivity index (χ2v) is 5.08. The highest BCUT2D eigenvalue weighted by Gasteiger charge is 2.26. The summed E-state index contributed by atoms with van der Waals surface area (Å²) in [4.78, 5) is 27.7. The van der Waals surface area contributed by atoms with E-state index in [0.29, 0.717) is 21.2 Å². The SMILES string of the molecule is O=C(CNCC(F)(F)F)Nc1cc2[nH]c(=O)[nH]c2cc1Br. The normalized spacial score (nSPS) is 11.8. The van der Waals surface area contributed by atoms with E-state index in [1.807, 2.05) is 5.32 Å². The standard InChI is InChI=1S/C11H10BrF3N4O2/c12-5-1-7-8(19-10(21)18-7)2-6(5)17-9(20)3-16-4-11(13,14)15/h1-2,16H,3-4H2,(H,17,20)(H2,18,19,21). The van der Waals surface area contributed by atoms with E-state index in [0.717, 1.165) is 0 Å². The first-order valence-corrected chi connectivity index (χ1v) is 6.53. The molecule has 1 aromatic carbocycles. The summed E-state index contributed by atoms with van der Waals surface area (Å²) in [5, 5.41) is 4.44. The van der Waals surface area contributed by atoms with Crippen molar-refractivity contribution in [2.45, 2.75) is 6.18 Å². The van der Waals surface area contributed by atoms with Crippen molar-refractivity contribution >= 4 is 38.6 Å². The number of hydrogen-bond acceptors (Lipinski definition) is 3. The van der Waals surface area contributed by atoms with Gasteiger partial charge in [-0.15, -0.1) is 0 Å². The van der Waals surface area contributed by atoms with Crippen LogP contribution in [0, 0.1) is 0 Å². The molecule has 0 spiro atoms. The average Bonchev–Trinajstić information content (AvgIpc) is 2.67. The van der Waals surface area contributed by atoms with E-state index in [9.17, 15) is 22.8 Å². The molecule has 1 amide bonds. The summed E-state index contributed by atoms with van der Waals surface area (Å²) in [6.45, 7) is -1.72. The van der Waals surface area contributed by atoms with Crippen LogP contribution in [0.15, 0.2) is 21.4 Å². The van der Waals surface area contributed by atoms with E-state index in [1.165, 1.54) is 6.07 Å². The molecule has 0 aliphatic rings. The molecule has 0 saturated carbocycles. The highest BCUT2D eigenvalue weighted by molar-refractivity contribution is 9.10. The second-order valence-electron chi connectivity index (χ2n) is 4.22. The van der Waals surface area contributed by atoms with Crippen LogP contribution >= 0.6 is 15.9 Å². The highest BCUT2D eigenvalue weighted by Crippen LogP contribution is 2.26. The van der Waals surface area contributed by atoms with Gasteiger partial charge in [0.05, 0.1) is 29.8 Å². The minimum atomic E-state index is -4.37. The monoisotopic (exact) mass is 366 g/mol. The number of hydrogen-bond donors (Lipinski definition) is 4. The number of amides is 1. The van der Waals surface area contributed by atoms with Gasteiger partial charge >= 0.3 is 11.9 Å². The van der Waals surface area contributed by atoms with Gasteiger partial charge in [-0.05, 0) is 28.1 Å². The van der Waals surface area contributed by atoms with Gasteiger partial charge in [0.1, 0.15) is 0 Å². The first-order valence-electron chi connectivity index (χ1n) is 5.73. The summed E-state index contributed by atoms with van der Waals surface area (Å²) in [5.41, 5.74) is 0.964. The minimum absolute atomic E-state index is 0.344. The van der Waals surface area contributed by atoms with Crippen molar-refractivity contribution in [2.24, 2.45) is 0 Å². The number of H-pyrrole nitrogens is 2. The Bertz CT molecular complexity index is 722. The summed E-state index contributed by atoms with van der Waals surface area (Å²) in [5.74, 6) is -0.628. The first-order chi connectivity index (χ1) is 9.74. The Morgan fingerprint density at radius 3 is 2.48 bits per heavy atom. The highest BCUT2D eigenvalue weighted by atomic mass is 79.9. The van der Waals surface area contributed by atoms with Crippen molar-refractivity contribution in [1.82, 2.24) is 15.3 Å². The van der Waals surface area contributed by atoms with E-state index in [-0.39, 0.29) is 0 Å². The number of fused-ring (bicyclic) bond motifs is 1. The van der Waals surface area contributed by atoms with E-state index in [1.54, 1.807) is 6.07 Å². The molecule has 21 heavy (non-hydrogen) atoms. The number of aromatic nitrogens is 2. The third-order valence-corrected chi connectivity index (χ3v) is 3.14. The lowest BCUT2D eigenvalue weighted by Gasteiger charge is -2.10. The van der Waals surface area contributed by atoms with Crippen molar-refractivity contribution in [3.05, 3.63) is 27.1 Å². The number of alkyl halides is 3. The third-order valence-electron chi connectivity index (χ3n) is 2.49. The van der Waals surface area contributed by atoms with Crippen molar-refractivity contribution in [3.8, 4) is 0 Å². The van der Waals surface area contributed by atoms with Gasteiger partial charge in [0.25, 0.3) is 0 Å². The summed E-state index contributed by atoms with van der Waals surface area (Å²) in [6.07, 6.45) is -4.37. The van der Waals surface area contributed by atoms with Gasteiger partial charge < -0.3 is 20.6 Å². The smallest absolute Gasteiger partial charge is 0.324 e. The Hall–Kier alpha value is -1.81. The lowest BCUT2D eigenvalue weighted by Crippen LogP contribution is -2.35. The molecule has 1 heterocycles. The Kier molecular flexibility index (Phi) is 4.37. The Morgan fingerprint density at radius 2 is 1.86 bits per heavy atom. The molecule has 0 bridgehead atoms. The van der Waals surface area contributed by atoms with Crippen LogP contribution in [0.4, 0.5) is 18.9 Å². The fourth-order valence-electron chi connectivity index (χ4n) is 1.66. The molecule has 0 aliphatic heterocycles. The maximum absolute atomic E-state index is 11.9. The average molecular weight is 367 g/mol. The van der Waals surface area contributed by atoms with Crippen LogP contribution in [0.2, 0.25) is 0 Å². The fourth-order valence-corrected chi connectivity index (χ4v) is 2.11. The molecular weight excluding hydrogens is 357 g/mol. The number of carbonyl (C=O) groups is 1. The van der Waals surface area contributed by atoms with Gasteiger partial charge in [-0.1, -0.05) is 0 Å². The molecule has 0 atom stereocenters. The number of halogens is 4. The van der Waals surface area contributed by atoms with Crippen molar-refractivity contribution in [1.29, 1.82) is 0 Å². The molecular formula is C11H10BrF3N4O2. The maximum Gasteiger partial charge on any atom is 0.401 e. The van der Waals surface area contributed by atoms with E-state index in [4.69, 9.17) is 0 Å². The largest absolute Gasteiger partial charge is 0.401 e. The maximum atomic E-state index is 11.9. The molecule has 0 unspecified atom stereocenters. The Morgan fingerprint density at radius 1 is 1.24 bits per heavy atom. The van der Waals surface area contributed by atoms with Gasteiger partial charge in [-0.2, -0.15) is 13.2 Å². The molecule has 2 aromatic rings. The van der Waals surface area contributed by atoms with Gasteiger partial charge in [-0.25, -0.2) is 4.79 Å². The van der Waals surface area contributed by atoms with E-state index < -0.39 is 30.9 Å². The molecule has 0 saturated heterocycles. The number of nitrogens with one attached hydrogen (secondary N) is 4. The van der Waals surface area contributed by atoms with E-state index in [2.05, 4.69) is 31.2 Å². The quantitative estimate of drug-likeness (QED) is 0.663. The van der Waals surface area contributed by atoms with Gasteiger partial charge in [0, 0.05) is 4.47 Å². The van der Waals surface area contributed by atoms with Crippen LogP contribution in [0.25, 0.3) is 11.0 Å². The number of carbonyl (C=O) groups excluding carboxylic acids is 1. The molecule has 1 aromatic heterocycles. The fraction of sp³-hybridized carbons (Fsp3) is 0.273. The summed E-state index contributed by atoms with van der Waals surface area (Å²) < 4.78 is 36.3. The Balaban J connectivity index is 2.03. The van der Waals surface area contributed by atoms with Gasteiger partial charge in [0.2, 0.25) is 5.91 Å². The predicted octanol–water partition coefficient (Wildman–Crippen LogP) is 1.71. The zero-order chi connectivity index (χ0) is 15.6. The van der Waals surface area contributed by atoms with Crippen LogP contribution in [-0.4, -0.2) is 35.1 Å². The molecule has 10 heteroatoms. The molecule has 114 valence electrons. The molecule has 0 fully saturated rings. The topological polar surface area (TPSA) is 89.8 Å². The lowest BCUT2D eigenvalue weighted by atomic mass is 10.2. The molecule has 0 aliphatic carbocycles. The van der Waals surface area contributed by atoms with Crippen LogP contribution < -0.4 is 16.3 Å². The number of benzene rings is 1. The van der Waals surface area contributed by atoms with Crippen LogP contribution in [-0.2, 0) is 4.79 Å². The summed E-state index contributed by atoms with van der Waals surface area (Å²) in [6, 6.07) is 3.07. The van der Waals surface area contributed by atoms with Crippen molar-refractivity contribution in [3.63, 3.8) is 0 Å². The number of rotatable bonds is 4. The van der Waals surface area contributed by atoms with Crippen LogP contribution in [0.1, 0.15) is 0 Å². The van der Waals surface area contributed by atoms with Crippen molar-refractivity contribution in [2.75, 3.05) is 18.4 Å². The van der Waals surface area contributed by atoms with Gasteiger partial charge in [-0.3, -0.25) is 4.79 Å². The predicted molar refractivity (Wildman–Crippen MR) is 74.2 cm³/mol. The molecule has 4 N–H and O–H groups in total. The Labute approximate surface area is 124 Å². The van der Waals surface area contributed by atoms with Gasteiger partial charge in [0.15, 0.2) is 0 Å². The molecule has 2 rings (SSSR count). The van der Waals surface area contributed by atoms with Crippen molar-refractivity contribution < 1.29 is 18.0 Å². The molecule has 0 radical (unpaired) electrons. The minimum Gasteiger partial charge on any atom is -0.324 e.